The number of amides is 2. The molecule has 0 fully saturated rings. The number of carbonyl (C=O) groups excluding carboxylic acids is 2. The molecule has 0 bridgehead atoms. The SMILES string of the molecule is Cc1nc(C(=O)NCC(N)=O)nn1-c1ccc(Cl)cc1. The number of hydrogen-bond donors (Lipinski definition) is 2. The Bertz CT molecular complexity index is 650. The average Bonchev–Trinajstić information content (AvgIpc) is 2.79. The van der Waals surface area contributed by atoms with Crippen LogP contribution in [0.5, 0.6) is 0 Å². The summed E-state index contributed by atoms with van der Waals surface area (Å²) in [6.45, 7) is 1.46. The lowest BCUT2D eigenvalue weighted by atomic mass is 10.3. The number of nitrogens with two attached hydrogens (primary N) is 1. The quantitative estimate of drug-likeness (QED) is 0.854. The van der Waals surface area contributed by atoms with Crippen LogP contribution in [0.15, 0.2) is 24.3 Å². The van der Waals surface area contributed by atoms with Crippen LogP contribution < -0.4 is 11.1 Å². The lowest BCUT2D eigenvalue weighted by molar-refractivity contribution is -0.117. The van der Waals surface area contributed by atoms with Crippen LogP contribution in [0, 0.1) is 6.92 Å². The zero-order valence-electron chi connectivity index (χ0n) is 10.6. The van der Waals surface area contributed by atoms with Crippen molar-refractivity contribution in [2.75, 3.05) is 6.54 Å². The van der Waals surface area contributed by atoms with E-state index in [2.05, 4.69) is 15.4 Å². The molecule has 0 saturated heterocycles. The molecule has 0 saturated carbocycles. The van der Waals surface area contributed by atoms with Crippen molar-refractivity contribution >= 4 is 23.4 Å². The van der Waals surface area contributed by atoms with Crippen molar-refractivity contribution in [3.8, 4) is 5.69 Å². The minimum absolute atomic E-state index is 0.0290. The van der Waals surface area contributed by atoms with Crippen LogP contribution in [0.25, 0.3) is 5.69 Å². The zero-order chi connectivity index (χ0) is 14.7. The van der Waals surface area contributed by atoms with Gasteiger partial charge in [-0.3, -0.25) is 9.59 Å². The monoisotopic (exact) mass is 293 g/mol. The molecule has 3 N–H and O–H groups in total. The molecule has 2 rings (SSSR count). The molecule has 0 radical (unpaired) electrons. The van der Waals surface area contributed by atoms with Crippen molar-refractivity contribution in [3.05, 3.63) is 40.9 Å². The van der Waals surface area contributed by atoms with Crippen LogP contribution >= 0.6 is 11.6 Å². The first-order chi connectivity index (χ1) is 9.47. The van der Waals surface area contributed by atoms with E-state index in [0.717, 1.165) is 5.69 Å². The second-order valence-electron chi connectivity index (χ2n) is 4.02. The predicted octanol–water partition coefficient (Wildman–Crippen LogP) is 0.444. The third kappa shape index (κ3) is 3.12. The van der Waals surface area contributed by atoms with E-state index in [9.17, 15) is 9.59 Å². The third-order valence-electron chi connectivity index (χ3n) is 2.47. The van der Waals surface area contributed by atoms with Crippen LogP contribution in [0.2, 0.25) is 5.02 Å². The molecule has 2 aromatic rings. The Morgan fingerprint density at radius 1 is 1.35 bits per heavy atom. The van der Waals surface area contributed by atoms with E-state index in [1.165, 1.54) is 4.68 Å². The maximum Gasteiger partial charge on any atom is 0.291 e. The van der Waals surface area contributed by atoms with Crippen molar-refractivity contribution in [3.63, 3.8) is 0 Å². The van der Waals surface area contributed by atoms with Crippen molar-refractivity contribution in [1.29, 1.82) is 0 Å². The average molecular weight is 294 g/mol. The van der Waals surface area contributed by atoms with Gasteiger partial charge in [-0.15, -0.1) is 5.10 Å². The van der Waals surface area contributed by atoms with E-state index in [1.807, 2.05) is 0 Å². The smallest absolute Gasteiger partial charge is 0.291 e. The molecule has 20 heavy (non-hydrogen) atoms. The van der Waals surface area contributed by atoms with Gasteiger partial charge in [-0.1, -0.05) is 11.6 Å². The fourth-order valence-corrected chi connectivity index (χ4v) is 1.69. The predicted molar refractivity (Wildman–Crippen MR) is 72.6 cm³/mol. The summed E-state index contributed by atoms with van der Waals surface area (Å²) in [7, 11) is 0. The van der Waals surface area contributed by atoms with Crippen molar-refractivity contribution in [2.45, 2.75) is 6.92 Å². The number of nitrogens with zero attached hydrogens (tertiary/aromatic N) is 3. The molecule has 8 heteroatoms. The van der Waals surface area contributed by atoms with Gasteiger partial charge in [-0.25, -0.2) is 9.67 Å². The van der Waals surface area contributed by atoms with Gasteiger partial charge >= 0.3 is 0 Å². The fourth-order valence-electron chi connectivity index (χ4n) is 1.56. The number of nitrogens with one attached hydrogen (secondary N) is 1. The molecule has 7 nitrogen and oxygen atoms in total. The van der Waals surface area contributed by atoms with Gasteiger partial charge in [0.25, 0.3) is 5.91 Å². The van der Waals surface area contributed by atoms with Gasteiger partial charge < -0.3 is 11.1 Å². The number of hydrogen-bond acceptors (Lipinski definition) is 4. The Morgan fingerprint density at radius 3 is 2.60 bits per heavy atom. The van der Waals surface area contributed by atoms with Crippen molar-refractivity contribution in [1.82, 2.24) is 20.1 Å². The molecule has 0 aliphatic heterocycles. The number of aromatic nitrogens is 3. The van der Waals surface area contributed by atoms with Crippen LogP contribution in [-0.4, -0.2) is 33.1 Å². The first kappa shape index (κ1) is 14.0. The molecule has 1 heterocycles. The van der Waals surface area contributed by atoms with Gasteiger partial charge in [-0.2, -0.15) is 0 Å². The van der Waals surface area contributed by atoms with Crippen molar-refractivity contribution < 1.29 is 9.59 Å². The summed E-state index contributed by atoms with van der Waals surface area (Å²) in [5.41, 5.74) is 5.68. The molecule has 0 aliphatic carbocycles. The number of primary amides is 1. The number of halogens is 1. The second-order valence-corrected chi connectivity index (χ2v) is 4.46. The summed E-state index contributed by atoms with van der Waals surface area (Å²) < 4.78 is 1.51. The van der Waals surface area contributed by atoms with Crippen molar-refractivity contribution in [2.24, 2.45) is 5.73 Å². The van der Waals surface area contributed by atoms with E-state index in [1.54, 1.807) is 31.2 Å². The summed E-state index contributed by atoms with van der Waals surface area (Å²) in [6, 6.07) is 6.94. The lowest BCUT2D eigenvalue weighted by Crippen LogP contribution is -2.33. The van der Waals surface area contributed by atoms with Crippen LogP contribution in [-0.2, 0) is 4.79 Å². The van der Waals surface area contributed by atoms with E-state index < -0.39 is 11.8 Å². The number of carbonyl (C=O) groups is 2. The van der Waals surface area contributed by atoms with Crippen LogP contribution in [0.1, 0.15) is 16.4 Å². The second kappa shape index (κ2) is 5.70. The van der Waals surface area contributed by atoms with Crippen LogP contribution in [0.4, 0.5) is 0 Å². The summed E-state index contributed by atoms with van der Waals surface area (Å²) in [5, 5.41) is 7.02. The molecular formula is C12H12ClN5O2. The first-order valence-electron chi connectivity index (χ1n) is 5.73. The minimum Gasteiger partial charge on any atom is -0.368 e. The minimum atomic E-state index is -0.632. The van der Waals surface area contributed by atoms with Gasteiger partial charge in [-0.05, 0) is 31.2 Å². The van der Waals surface area contributed by atoms with E-state index in [4.69, 9.17) is 17.3 Å². The lowest BCUT2D eigenvalue weighted by Gasteiger charge is -2.02. The van der Waals surface area contributed by atoms with E-state index in [0.29, 0.717) is 10.8 Å². The van der Waals surface area contributed by atoms with Gasteiger partial charge in [0.2, 0.25) is 11.7 Å². The highest BCUT2D eigenvalue weighted by molar-refractivity contribution is 6.30. The fraction of sp³-hybridized carbons (Fsp3) is 0.167. The molecular weight excluding hydrogens is 282 g/mol. The highest BCUT2D eigenvalue weighted by Crippen LogP contribution is 2.14. The maximum absolute atomic E-state index is 11.7. The normalized spacial score (nSPS) is 10.3. The molecule has 2 amide bonds. The standard InChI is InChI=1S/C12H12ClN5O2/c1-7-16-11(12(20)15-6-10(14)19)17-18(7)9-4-2-8(13)3-5-9/h2-5H,6H2,1H3,(H2,14,19)(H,15,20). The van der Waals surface area contributed by atoms with Gasteiger partial charge in [0.1, 0.15) is 5.82 Å². The molecule has 1 aromatic heterocycles. The highest BCUT2D eigenvalue weighted by Gasteiger charge is 2.15. The summed E-state index contributed by atoms with van der Waals surface area (Å²) in [6.07, 6.45) is 0. The van der Waals surface area contributed by atoms with Gasteiger partial charge in [0.05, 0.1) is 12.2 Å². The van der Waals surface area contributed by atoms with Crippen LogP contribution in [0.3, 0.4) is 0 Å². The van der Waals surface area contributed by atoms with E-state index in [-0.39, 0.29) is 12.4 Å². The topological polar surface area (TPSA) is 103 Å². The molecule has 0 unspecified atom stereocenters. The van der Waals surface area contributed by atoms with E-state index >= 15 is 0 Å². The number of benzene rings is 1. The highest BCUT2D eigenvalue weighted by atomic mass is 35.5. The number of aryl methyl sites for hydroxylation is 1. The Kier molecular flexibility index (Phi) is 3.99. The summed E-state index contributed by atoms with van der Waals surface area (Å²) in [4.78, 5) is 26.4. The van der Waals surface area contributed by atoms with Gasteiger partial charge in [0.15, 0.2) is 0 Å². The molecule has 0 spiro atoms. The molecule has 0 aliphatic rings. The number of rotatable bonds is 4. The Balaban J connectivity index is 2.23. The Hall–Kier alpha value is -2.41. The Labute approximate surface area is 119 Å². The molecule has 0 atom stereocenters. The third-order valence-corrected chi connectivity index (χ3v) is 2.72. The largest absolute Gasteiger partial charge is 0.368 e. The summed E-state index contributed by atoms with van der Waals surface area (Å²) in [5.74, 6) is -0.679. The Morgan fingerprint density at radius 2 is 2.00 bits per heavy atom. The zero-order valence-corrected chi connectivity index (χ0v) is 11.4. The van der Waals surface area contributed by atoms with Gasteiger partial charge in [0, 0.05) is 5.02 Å². The molecule has 104 valence electrons. The summed E-state index contributed by atoms with van der Waals surface area (Å²) >= 11 is 5.81. The maximum atomic E-state index is 11.7. The first-order valence-corrected chi connectivity index (χ1v) is 6.11. The molecule has 1 aromatic carbocycles.